The van der Waals surface area contributed by atoms with Crippen LogP contribution in [0.4, 0.5) is 0 Å². The van der Waals surface area contributed by atoms with E-state index < -0.39 is 0 Å². The maximum atomic E-state index is 7.50. The summed E-state index contributed by atoms with van der Waals surface area (Å²) in [4.78, 5) is 1.16. The van der Waals surface area contributed by atoms with Crippen LogP contribution in [0.3, 0.4) is 0 Å². The van der Waals surface area contributed by atoms with E-state index in [9.17, 15) is 0 Å². The maximum Gasteiger partial charge on any atom is 0 e. The minimum absolute atomic E-state index is 0. The Labute approximate surface area is 101 Å². The molecule has 0 atom stereocenters. The van der Waals surface area contributed by atoms with E-state index in [1.165, 1.54) is 0 Å². The second-order valence-electron chi connectivity index (χ2n) is 1.10. The van der Waals surface area contributed by atoms with Gasteiger partial charge >= 0.3 is 33.9 Å². The average Bonchev–Trinajstić information content (AvgIpc) is 2.66. The summed E-state index contributed by atoms with van der Waals surface area (Å²) in [6, 6.07) is 0. The van der Waals surface area contributed by atoms with Gasteiger partial charge in [0, 0.05) is 25.2 Å². The number of hydrogen-bond donors (Lipinski definition) is 0. The van der Waals surface area contributed by atoms with Crippen LogP contribution in [0.25, 0.3) is 0 Å². The Bertz CT molecular complexity index is 113. The van der Waals surface area contributed by atoms with Gasteiger partial charge < -0.3 is 0 Å². The Morgan fingerprint density at radius 3 is 1.15 bits per heavy atom. The van der Waals surface area contributed by atoms with Gasteiger partial charge in [0.2, 0.25) is 0 Å². The standard InChI is InChI=1S/C5H4Br.3CO.Re/c6-5-3-1-2-4-5;3*1-2;/h1-4H;;;;. The van der Waals surface area contributed by atoms with Gasteiger partial charge in [0.25, 0.3) is 0 Å². The summed E-state index contributed by atoms with van der Waals surface area (Å²) in [5, 5.41) is 0. The largest absolute Gasteiger partial charge is 0 e. The van der Waals surface area contributed by atoms with Crippen LogP contribution in [-0.4, -0.2) is 0 Å². The van der Waals surface area contributed by atoms with Crippen LogP contribution >= 0.6 is 15.9 Å². The number of hydrogen-bond acceptors (Lipinski definition) is 0. The van der Waals surface area contributed by atoms with E-state index in [1.54, 1.807) is 0 Å². The third-order valence-corrected chi connectivity index (χ3v) is 1.15. The molecule has 0 aromatic carbocycles. The van der Waals surface area contributed by atoms with Gasteiger partial charge in [0.1, 0.15) is 0 Å². The molecule has 6 radical (unpaired) electrons. The quantitative estimate of drug-likeness (QED) is 0.428. The summed E-state index contributed by atoms with van der Waals surface area (Å²) in [5.41, 5.74) is 0. The molecule has 0 amide bonds. The van der Waals surface area contributed by atoms with Crippen LogP contribution in [0.15, 0.2) is 0 Å². The van der Waals surface area contributed by atoms with Crippen molar-refractivity contribution >= 4 is 15.9 Å². The van der Waals surface area contributed by atoms with Gasteiger partial charge in [0.05, 0.1) is 0 Å². The first kappa shape index (κ1) is 23.3. The zero-order valence-corrected chi connectivity index (χ0v) is 10.6. The molecule has 0 spiro atoms. The minimum atomic E-state index is 0. The van der Waals surface area contributed by atoms with Gasteiger partial charge in [-0.25, -0.2) is 0 Å². The first-order chi connectivity index (χ1) is 5.89. The topological polar surface area (TPSA) is 59.7 Å². The van der Waals surface area contributed by atoms with Gasteiger partial charge in [-0.1, -0.05) is 15.9 Å². The third-order valence-electron chi connectivity index (χ3n) is 0.622. The molecule has 0 heterocycles. The predicted molar refractivity (Wildman–Crippen MR) is 41.2 cm³/mol. The zero-order valence-electron chi connectivity index (χ0n) is 6.29. The van der Waals surface area contributed by atoms with E-state index in [4.69, 9.17) is 14.0 Å². The van der Waals surface area contributed by atoms with Crippen LogP contribution in [0.5, 0.6) is 0 Å². The van der Waals surface area contributed by atoms with Gasteiger partial charge in [-0.3, -0.25) is 0 Å². The Hall–Kier alpha value is 0.362. The van der Waals surface area contributed by atoms with Crippen molar-refractivity contribution in [1.82, 2.24) is 0 Å². The molecule has 1 fully saturated rings. The van der Waals surface area contributed by atoms with Crippen LogP contribution in [0.1, 0.15) is 0 Å². The van der Waals surface area contributed by atoms with Crippen molar-refractivity contribution in [3.8, 4) is 0 Å². The van der Waals surface area contributed by atoms with Gasteiger partial charge in [-0.05, 0) is 25.7 Å². The van der Waals surface area contributed by atoms with E-state index in [0.29, 0.717) is 0 Å². The van der Waals surface area contributed by atoms with Crippen molar-refractivity contribution in [3.05, 3.63) is 50.5 Å². The minimum Gasteiger partial charge on any atom is 0 e. The predicted octanol–water partition coefficient (Wildman–Crippen LogP) is 1.63. The van der Waals surface area contributed by atoms with E-state index in [1.807, 2.05) is 25.7 Å². The molecule has 0 aliphatic heterocycles. The molecule has 0 bridgehead atoms. The normalized spacial score (nSPS) is 12.2. The van der Waals surface area contributed by atoms with Crippen molar-refractivity contribution in [1.29, 1.82) is 0 Å². The van der Waals surface area contributed by atoms with Crippen molar-refractivity contribution in [2.75, 3.05) is 0 Å². The van der Waals surface area contributed by atoms with Crippen molar-refractivity contribution < 1.29 is 34.4 Å². The molecule has 1 aliphatic rings. The second-order valence-corrected chi connectivity index (χ2v) is 2.02. The summed E-state index contributed by atoms with van der Waals surface area (Å²) >= 11 is 3.28. The molecule has 1 rings (SSSR count). The molecule has 1 aliphatic carbocycles. The summed E-state index contributed by atoms with van der Waals surface area (Å²) in [7, 11) is 0. The molecule has 68 valence electrons. The molecule has 5 heteroatoms. The van der Waals surface area contributed by atoms with Crippen molar-refractivity contribution in [2.24, 2.45) is 0 Å². The van der Waals surface area contributed by atoms with Crippen LogP contribution < -0.4 is 0 Å². The van der Waals surface area contributed by atoms with Crippen molar-refractivity contribution in [3.63, 3.8) is 0 Å². The molecule has 0 aromatic rings. The van der Waals surface area contributed by atoms with Gasteiger partial charge in [-0.2, -0.15) is 0 Å². The summed E-state index contributed by atoms with van der Waals surface area (Å²) in [5.74, 6) is 0. The smallest absolute Gasteiger partial charge is 0 e. The number of halogens is 1. The first-order valence-electron chi connectivity index (χ1n) is 2.38. The fourth-order valence-electron chi connectivity index (χ4n) is 0.351. The molecule has 0 unspecified atom stereocenters. The molecular weight excluding hydrogens is 410 g/mol. The van der Waals surface area contributed by atoms with Crippen LogP contribution in [-0.2, 0) is 34.4 Å². The van der Waals surface area contributed by atoms with E-state index in [-0.39, 0.29) is 20.4 Å². The molecular formula is C8H4BrO3Re. The molecule has 13 heavy (non-hydrogen) atoms. The van der Waals surface area contributed by atoms with Crippen LogP contribution in [0, 0.1) is 50.5 Å². The maximum absolute atomic E-state index is 7.50. The number of rotatable bonds is 0. The Balaban J connectivity index is -0.0000000508. The second kappa shape index (κ2) is 29.4. The summed E-state index contributed by atoms with van der Waals surface area (Å²) in [6.07, 6.45) is 7.98. The first-order valence-corrected chi connectivity index (χ1v) is 3.17. The average molecular weight is 414 g/mol. The third kappa shape index (κ3) is 24.5. The molecule has 0 aromatic heterocycles. The molecule has 0 N–H and O–H groups in total. The Morgan fingerprint density at radius 1 is 0.846 bits per heavy atom. The SMILES string of the molecule is Br[C]1[CH][CH][CH][CH]1.[C-]#[O+].[C-]#[O+].[C-]#[O+].[Re]. The van der Waals surface area contributed by atoms with E-state index in [2.05, 4.69) is 35.9 Å². The van der Waals surface area contributed by atoms with E-state index >= 15 is 0 Å². The van der Waals surface area contributed by atoms with Gasteiger partial charge in [0.15, 0.2) is 0 Å². The van der Waals surface area contributed by atoms with E-state index in [0.717, 1.165) is 4.83 Å². The molecule has 1 saturated carbocycles. The summed E-state index contributed by atoms with van der Waals surface area (Å²) in [6.45, 7) is 13.5. The van der Waals surface area contributed by atoms with Crippen LogP contribution in [0.2, 0.25) is 0 Å². The van der Waals surface area contributed by atoms with Crippen molar-refractivity contribution in [2.45, 2.75) is 0 Å². The monoisotopic (exact) mass is 414 g/mol. The molecule has 3 nitrogen and oxygen atoms in total. The molecule has 0 saturated heterocycles. The fourth-order valence-corrected chi connectivity index (χ4v) is 0.656. The fraction of sp³-hybridized carbons (Fsp3) is 0. The summed E-state index contributed by atoms with van der Waals surface area (Å²) < 4.78 is 22.5. The Morgan fingerprint density at radius 2 is 1.08 bits per heavy atom. The Kier molecular flexibility index (Phi) is 52.8. The van der Waals surface area contributed by atoms with Gasteiger partial charge in [-0.15, -0.1) is 0 Å². The zero-order chi connectivity index (χ0) is 10.4.